The Morgan fingerprint density at radius 1 is 0.409 bits per heavy atom. The highest BCUT2D eigenvalue weighted by Gasteiger charge is 2.09. The Hall–Kier alpha value is -2.50. The van der Waals surface area contributed by atoms with Gasteiger partial charge >= 0.3 is 0 Å². The molecule has 4 nitrogen and oxygen atoms in total. The first kappa shape index (κ1) is 14.4. The Labute approximate surface area is 129 Å². The predicted octanol–water partition coefficient (Wildman–Crippen LogP) is 2.38. The van der Waals surface area contributed by atoms with Crippen molar-refractivity contribution in [2.24, 2.45) is 0 Å². The molecule has 0 aromatic heterocycles. The minimum Gasteiger partial charge on any atom is -0.623 e. The van der Waals surface area contributed by atoms with Gasteiger partial charge in [-0.05, 0) is 24.3 Å². The van der Waals surface area contributed by atoms with Crippen molar-refractivity contribution >= 4 is 22.7 Å². The second-order valence-electron chi connectivity index (χ2n) is 4.97. The number of para-hydroxylation sites is 2. The number of nitrogens with one attached hydrogen (secondary N) is 2. The number of quaternary nitrogens is 2. The lowest BCUT2D eigenvalue weighted by Gasteiger charge is -2.23. The predicted molar refractivity (Wildman–Crippen MR) is 86.6 cm³/mol. The summed E-state index contributed by atoms with van der Waals surface area (Å²) in [6.45, 7) is 0. The molecule has 3 aromatic carbocycles. The first-order chi connectivity index (χ1) is 10.8. The molecule has 22 heavy (non-hydrogen) atoms. The zero-order valence-electron chi connectivity index (χ0n) is 11.9. The number of hydrogen-bond acceptors (Lipinski definition) is 2. The van der Waals surface area contributed by atoms with E-state index < -0.39 is 0 Å². The quantitative estimate of drug-likeness (QED) is 0.725. The maximum absolute atomic E-state index is 12.3. The van der Waals surface area contributed by atoms with E-state index >= 15 is 0 Å². The molecule has 0 saturated carbocycles. The molecule has 3 rings (SSSR count). The lowest BCUT2D eigenvalue weighted by molar-refractivity contribution is -0.701. The number of hydrogen-bond donors (Lipinski definition) is 2. The van der Waals surface area contributed by atoms with Gasteiger partial charge in [0, 0.05) is 24.3 Å². The van der Waals surface area contributed by atoms with Crippen LogP contribution in [0.1, 0.15) is 0 Å². The summed E-state index contributed by atoms with van der Waals surface area (Å²) in [5.41, 5.74) is 2.45. The SMILES string of the molecule is [O-][NH+](c1ccccc1)c1ccc([NH+]([O-])c2ccccc2)cc1. The molecule has 110 valence electrons. The van der Waals surface area contributed by atoms with Gasteiger partial charge in [-0.3, -0.25) is 0 Å². The Bertz CT molecular complexity index is 651. The van der Waals surface area contributed by atoms with Gasteiger partial charge in [0.2, 0.25) is 0 Å². The van der Waals surface area contributed by atoms with Crippen LogP contribution in [0.25, 0.3) is 0 Å². The third-order valence-corrected chi connectivity index (χ3v) is 3.48. The highest BCUT2D eigenvalue weighted by molar-refractivity contribution is 5.45. The third-order valence-electron chi connectivity index (χ3n) is 3.48. The van der Waals surface area contributed by atoms with Crippen LogP contribution in [-0.2, 0) is 0 Å². The summed E-state index contributed by atoms with van der Waals surface area (Å²) in [4.78, 5) is 0. The second-order valence-corrected chi connectivity index (χ2v) is 4.97. The summed E-state index contributed by atoms with van der Waals surface area (Å²) in [5, 5.41) is 24.5. The van der Waals surface area contributed by atoms with Crippen LogP contribution in [0, 0.1) is 10.4 Å². The van der Waals surface area contributed by atoms with E-state index in [2.05, 4.69) is 0 Å². The molecule has 0 aliphatic carbocycles. The summed E-state index contributed by atoms with van der Waals surface area (Å²) >= 11 is 0. The van der Waals surface area contributed by atoms with Gasteiger partial charge in [-0.1, -0.05) is 36.4 Å². The molecule has 0 heterocycles. The van der Waals surface area contributed by atoms with Crippen molar-refractivity contribution in [1.82, 2.24) is 0 Å². The van der Waals surface area contributed by atoms with E-state index in [1.165, 1.54) is 0 Å². The molecular weight excluding hydrogens is 276 g/mol. The Morgan fingerprint density at radius 3 is 1.00 bits per heavy atom. The zero-order chi connectivity index (χ0) is 15.4. The Morgan fingerprint density at radius 2 is 0.682 bits per heavy atom. The lowest BCUT2D eigenvalue weighted by atomic mass is 10.2. The molecule has 3 aromatic rings. The molecule has 0 saturated heterocycles. The van der Waals surface area contributed by atoms with Crippen LogP contribution in [0.2, 0.25) is 0 Å². The van der Waals surface area contributed by atoms with Crippen molar-refractivity contribution in [2.45, 2.75) is 0 Å². The van der Waals surface area contributed by atoms with Gasteiger partial charge in [-0.2, -0.15) is 0 Å². The second kappa shape index (κ2) is 6.51. The van der Waals surface area contributed by atoms with Crippen molar-refractivity contribution in [3.05, 3.63) is 95.3 Å². The molecule has 0 aliphatic heterocycles. The number of rotatable bonds is 4. The smallest absolute Gasteiger partial charge is 0.136 e. The molecule has 0 aliphatic rings. The van der Waals surface area contributed by atoms with Crippen LogP contribution >= 0.6 is 0 Å². The maximum atomic E-state index is 12.3. The molecule has 0 fully saturated rings. The van der Waals surface area contributed by atoms with E-state index in [1.54, 1.807) is 48.5 Å². The van der Waals surface area contributed by atoms with E-state index in [-0.39, 0.29) is 10.1 Å². The summed E-state index contributed by atoms with van der Waals surface area (Å²) in [7, 11) is 0. The van der Waals surface area contributed by atoms with Gasteiger partial charge in [-0.25, -0.2) is 0 Å². The lowest BCUT2D eigenvalue weighted by Crippen LogP contribution is -2.97. The molecule has 0 bridgehead atoms. The fraction of sp³-hybridized carbons (Fsp3) is 0. The van der Waals surface area contributed by atoms with Gasteiger partial charge in [0.25, 0.3) is 0 Å². The minimum atomic E-state index is -0.0423. The summed E-state index contributed by atoms with van der Waals surface area (Å²) in [6.07, 6.45) is 0. The molecule has 2 unspecified atom stereocenters. The largest absolute Gasteiger partial charge is 0.623 e. The first-order valence-electron chi connectivity index (χ1n) is 7.05. The Kier molecular flexibility index (Phi) is 4.27. The molecule has 4 heteroatoms. The molecule has 2 atom stereocenters. The van der Waals surface area contributed by atoms with Gasteiger partial charge < -0.3 is 20.5 Å². The molecular formula is C18H16N2O2. The summed E-state index contributed by atoms with van der Waals surface area (Å²) in [5.74, 6) is 0. The van der Waals surface area contributed by atoms with Crippen molar-refractivity contribution in [3.8, 4) is 0 Å². The van der Waals surface area contributed by atoms with Crippen molar-refractivity contribution < 1.29 is 10.1 Å². The average molecular weight is 292 g/mol. The van der Waals surface area contributed by atoms with E-state index in [1.807, 2.05) is 36.4 Å². The van der Waals surface area contributed by atoms with Crippen LogP contribution in [0.4, 0.5) is 22.7 Å². The van der Waals surface area contributed by atoms with Crippen molar-refractivity contribution in [1.29, 1.82) is 0 Å². The van der Waals surface area contributed by atoms with Crippen LogP contribution in [0.5, 0.6) is 0 Å². The fourth-order valence-electron chi connectivity index (χ4n) is 2.29. The van der Waals surface area contributed by atoms with E-state index in [0.717, 1.165) is 0 Å². The van der Waals surface area contributed by atoms with E-state index in [0.29, 0.717) is 22.7 Å². The maximum Gasteiger partial charge on any atom is 0.136 e. The third kappa shape index (κ3) is 3.05. The fourth-order valence-corrected chi connectivity index (χ4v) is 2.29. The first-order valence-corrected chi connectivity index (χ1v) is 7.05. The number of benzene rings is 3. The van der Waals surface area contributed by atoms with E-state index in [9.17, 15) is 10.4 Å². The summed E-state index contributed by atoms with van der Waals surface area (Å²) in [6, 6.07) is 25.0. The standard InChI is InChI=1S/C18H16N2O2/c21-19(15-7-3-1-4-8-15)17-11-13-18(14-12-17)20(22)16-9-5-2-6-10-16/h1-14,19-20H. The van der Waals surface area contributed by atoms with Crippen LogP contribution in [0.3, 0.4) is 0 Å². The van der Waals surface area contributed by atoms with Crippen LogP contribution in [-0.4, -0.2) is 0 Å². The highest BCUT2D eigenvalue weighted by Crippen LogP contribution is 2.12. The van der Waals surface area contributed by atoms with Crippen LogP contribution < -0.4 is 10.1 Å². The average Bonchev–Trinajstić information content (AvgIpc) is 2.62. The highest BCUT2D eigenvalue weighted by atomic mass is 16.5. The van der Waals surface area contributed by atoms with Gasteiger partial charge in [0.15, 0.2) is 0 Å². The van der Waals surface area contributed by atoms with Gasteiger partial charge in [0.1, 0.15) is 22.7 Å². The minimum absolute atomic E-state index is 0.0423. The summed E-state index contributed by atoms with van der Waals surface area (Å²) < 4.78 is 0. The van der Waals surface area contributed by atoms with Gasteiger partial charge in [-0.15, -0.1) is 0 Å². The van der Waals surface area contributed by atoms with Crippen LogP contribution in [0.15, 0.2) is 84.9 Å². The molecule has 0 spiro atoms. The molecule has 0 radical (unpaired) electrons. The molecule has 0 amide bonds. The van der Waals surface area contributed by atoms with Crippen molar-refractivity contribution in [2.75, 3.05) is 0 Å². The molecule has 2 N–H and O–H groups in total. The monoisotopic (exact) mass is 292 g/mol. The Balaban J connectivity index is 1.81. The van der Waals surface area contributed by atoms with Crippen molar-refractivity contribution in [3.63, 3.8) is 0 Å². The van der Waals surface area contributed by atoms with E-state index in [4.69, 9.17) is 0 Å². The topological polar surface area (TPSA) is 55.0 Å². The van der Waals surface area contributed by atoms with Gasteiger partial charge in [0.05, 0.1) is 0 Å². The normalized spacial score (nSPS) is 13.5. The zero-order valence-corrected chi connectivity index (χ0v) is 11.9.